The second-order valence-electron chi connectivity index (χ2n) is 3.82. The van der Waals surface area contributed by atoms with E-state index in [4.69, 9.17) is 5.73 Å². The van der Waals surface area contributed by atoms with Gasteiger partial charge in [-0.25, -0.2) is 9.97 Å². The molecular weight excluding hydrogens is 176 g/mol. The van der Waals surface area contributed by atoms with Gasteiger partial charge in [-0.3, -0.25) is 0 Å². The lowest BCUT2D eigenvalue weighted by Crippen LogP contribution is -2.23. The zero-order valence-electron chi connectivity index (χ0n) is 8.24. The van der Waals surface area contributed by atoms with Crippen molar-refractivity contribution in [2.75, 3.05) is 11.1 Å². The van der Waals surface area contributed by atoms with Crippen LogP contribution in [0.25, 0.3) is 0 Å². The molecule has 0 spiro atoms. The topological polar surface area (TPSA) is 63.8 Å². The van der Waals surface area contributed by atoms with Crippen LogP contribution in [0.3, 0.4) is 0 Å². The Kier molecular flexibility index (Phi) is 2.81. The number of hydrogen-bond acceptors (Lipinski definition) is 4. The molecule has 0 aromatic carbocycles. The van der Waals surface area contributed by atoms with Crippen LogP contribution in [0.4, 0.5) is 11.6 Å². The Hall–Kier alpha value is -1.32. The van der Waals surface area contributed by atoms with E-state index < -0.39 is 0 Å². The summed E-state index contributed by atoms with van der Waals surface area (Å²) >= 11 is 0. The summed E-state index contributed by atoms with van der Waals surface area (Å²) in [6, 6.07) is 0.548. The van der Waals surface area contributed by atoms with E-state index in [2.05, 4.69) is 15.3 Å². The predicted molar refractivity (Wildman–Crippen MR) is 56.9 cm³/mol. The van der Waals surface area contributed by atoms with Crippen molar-refractivity contribution >= 4 is 11.6 Å². The monoisotopic (exact) mass is 192 g/mol. The molecule has 14 heavy (non-hydrogen) atoms. The van der Waals surface area contributed by atoms with E-state index in [1.54, 1.807) is 12.4 Å². The third-order valence-electron chi connectivity index (χ3n) is 2.61. The number of nitrogens with two attached hydrogens (primary N) is 1. The van der Waals surface area contributed by atoms with Crippen LogP contribution in [-0.2, 0) is 0 Å². The smallest absolute Gasteiger partial charge is 0.222 e. The van der Waals surface area contributed by atoms with Crippen LogP contribution < -0.4 is 11.1 Å². The van der Waals surface area contributed by atoms with Gasteiger partial charge in [-0.15, -0.1) is 0 Å². The summed E-state index contributed by atoms with van der Waals surface area (Å²) in [5.74, 6) is 0.700. The largest absolute Gasteiger partial charge is 0.396 e. The van der Waals surface area contributed by atoms with Gasteiger partial charge in [0.05, 0.1) is 18.1 Å². The van der Waals surface area contributed by atoms with Gasteiger partial charge in [0.15, 0.2) is 0 Å². The molecule has 2 rings (SSSR count). The lowest BCUT2D eigenvalue weighted by Gasteiger charge is -2.22. The van der Waals surface area contributed by atoms with Crippen molar-refractivity contribution < 1.29 is 0 Å². The van der Waals surface area contributed by atoms with Crippen molar-refractivity contribution in [2.45, 2.75) is 38.1 Å². The van der Waals surface area contributed by atoms with Gasteiger partial charge >= 0.3 is 0 Å². The van der Waals surface area contributed by atoms with Gasteiger partial charge in [-0.1, -0.05) is 19.3 Å². The molecule has 1 aliphatic carbocycles. The van der Waals surface area contributed by atoms with Gasteiger partial charge in [-0.05, 0) is 12.8 Å². The fourth-order valence-corrected chi connectivity index (χ4v) is 1.84. The van der Waals surface area contributed by atoms with E-state index in [-0.39, 0.29) is 0 Å². The van der Waals surface area contributed by atoms with Crippen LogP contribution in [0.5, 0.6) is 0 Å². The Balaban J connectivity index is 1.92. The first-order valence-electron chi connectivity index (χ1n) is 5.18. The number of nitrogens with zero attached hydrogens (tertiary/aromatic N) is 2. The highest BCUT2D eigenvalue weighted by atomic mass is 15.1. The van der Waals surface area contributed by atoms with Gasteiger partial charge in [0, 0.05) is 6.04 Å². The molecule has 1 saturated carbocycles. The molecule has 0 saturated heterocycles. The Morgan fingerprint density at radius 1 is 1.14 bits per heavy atom. The minimum absolute atomic E-state index is 0.548. The molecule has 0 amide bonds. The Bertz CT molecular complexity index is 277. The van der Waals surface area contributed by atoms with Gasteiger partial charge < -0.3 is 11.1 Å². The first-order chi connectivity index (χ1) is 6.84. The highest BCUT2D eigenvalue weighted by molar-refractivity contribution is 5.36. The van der Waals surface area contributed by atoms with Crippen molar-refractivity contribution in [3.05, 3.63) is 12.4 Å². The number of hydrogen-bond donors (Lipinski definition) is 2. The third-order valence-corrected chi connectivity index (χ3v) is 2.61. The second-order valence-corrected chi connectivity index (χ2v) is 3.82. The molecule has 1 aliphatic rings. The number of aromatic nitrogens is 2. The van der Waals surface area contributed by atoms with Gasteiger partial charge in [0.1, 0.15) is 0 Å². The molecule has 0 unspecified atom stereocenters. The fourth-order valence-electron chi connectivity index (χ4n) is 1.84. The lowest BCUT2D eigenvalue weighted by atomic mass is 9.96. The molecule has 3 N–H and O–H groups in total. The molecule has 1 heterocycles. The van der Waals surface area contributed by atoms with Crippen molar-refractivity contribution in [3.8, 4) is 0 Å². The summed E-state index contributed by atoms with van der Waals surface area (Å²) in [6.07, 6.45) is 9.72. The molecule has 1 aromatic rings. The molecule has 0 aliphatic heterocycles. The maximum Gasteiger partial charge on any atom is 0.222 e. The minimum Gasteiger partial charge on any atom is -0.396 e. The third kappa shape index (κ3) is 2.34. The molecule has 4 heteroatoms. The molecule has 0 bridgehead atoms. The number of nitrogen functional groups attached to an aromatic ring is 1. The highest BCUT2D eigenvalue weighted by Crippen LogP contribution is 2.19. The van der Waals surface area contributed by atoms with Crippen LogP contribution in [0.1, 0.15) is 32.1 Å². The lowest BCUT2D eigenvalue weighted by molar-refractivity contribution is 0.461. The molecule has 76 valence electrons. The van der Waals surface area contributed by atoms with Crippen LogP contribution in [0.2, 0.25) is 0 Å². The number of rotatable bonds is 2. The SMILES string of the molecule is Nc1cnc(NC2CCCCC2)nc1. The maximum absolute atomic E-state index is 5.51. The van der Waals surface area contributed by atoms with Gasteiger partial charge in [0.25, 0.3) is 0 Å². The van der Waals surface area contributed by atoms with Crippen LogP contribution in [-0.4, -0.2) is 16.0 Å². The molecule has 0 radical (unpaired) electrons. The van der Waals surface area contributed by atoms with Crippen molar-refractivity contribution in [1.82, 2.24) is 9.97 Å². The van der Waals surface area contributed by atoms with E-state index in [0.717, 1.165) is 0 Å². The Morgan fingerprint density at radius 3 is 2.43 bits per heavy atom. The summed E-state index contributed by atoms with van der Waals surface area (Å²) in [5, 5.41) is 3.33. The summed E-state index contributed by atoms with van der Waals surface area (Å²) < 4.78 is 0. The number of anilines is 2. The average Bonchev–Trinajstić information content (AvgIpc) is 2.23. The number of nitrogens with one attached hydrogen (secondary N) is 1. The van der Waals surface area contributed by atoms with Crippen LogP contribution in [0, 0.1) is 0 Å². The Labute approximate surface area is 83.9 Å². The van der Waals surface area contributed by atoms with E-state index in [0.29, 0.717) is 17.7 Å². The predicted octanol–water partition coefficient (Wildman–Crippen LogP) is 1.80. The normalized spacial score (nSPS) is 18.0. The average molecular weight is 192 g/mol. The van der Waals surface area contributed by atoms with Crippen molar-refractivity contribution in [2.24, 2.45) is 0 Å². The van der Waals surface area contributed by atoms with Crippen molar-refractivity contribution in [1.29, 1.82) is 0 Å². The quantitative estimate of drug-likeness (QED) is 0.750. The second kappa shape index (κ2) is 4.26. The van der Waals surface area contributed by atoms with E-state index in [9.17, 15) is 0 Å². The molecule has 1 aromatic heterocycles. The standard InChI is InChI=1S/C10H16N4/c11-8-6-12-10(13-7-8)14-9-4-2-1-3-5-9/h6-7,9H,1-5,11H2,(H,12,13,14). The first-order valence-corrected chi connectivity index (χ1v) is 5.18. The van der Waals surface area contributed by atoms with Crippen LogP contribution >= 0.6 is 0 Å². The maximum atomic E-state index is 5.51. The molecule has 4 nitrogen and oxygen atoms in total. The molecule has 0 atom stereocenters. The Morgan fingerprint density at radius 2 is 1.79 bits per heavy atom. The fraction of sp³-hybridized carbons (Fsp3) is 0.600. The minimum atomic E-state index is 0.548. The molecule has 1 fully saturated rings. The van der Waals surface area contributed by atoms with E-state index >= 15 is 0 Å². The van der Waals surface area contributed by atoms with Gasteiger partial charge in [-0.2, -0.15) is 0 Å². The summed E-state index contributed by atoms with van der Waals surface area (Å²) in [4.78, 5) is 8.25. The van der Waals surface area contributed by atoms with Crippen LogP contribution in [0.15, 0.2) is 12.4 Å². The zero-order valence-corrected chi connectivity index (χ0v) is 8.24. The molecular formula is C10H16N4. The van der Waals surface area contributed by atoms with E-state index in [1.165, 1.54) is 32.1 Å². The summed E-state index contributed by atoms with van der Waals surface area (Å²) in [7, 11) is 0. The highest BCUT2D eigenvalue weighted by Gasteiger charge is 2.13. The van der Waals surface area contributed by atoms with Gasteiger partial charge in [0.2, 0.25) is 5.95 Å². The van der Waals surface area contributed by atoms with E-state index in [1.807, 2.05) is 0 Å². The summed E-state index contributed by atoms with van der Waals surface area (Å²) in [6.45, 7) is 0. The summed E-state index contributed by atoms with van der Waals surface area (Å²) in [5.41, 5.74) is 6.12. The van der Waals surface area contributed by atoms with Crippen molar-refractivity contribution in [3.63, 3.8) is 0 Å². The first kappa shape index (κ1) is 9.24. The zero-order chi connectivity index (χ0) is 9.80.